The number of hydrogen-bond donors (Lipinski definition) is 0. The molecule has 0 aliphatic rings. The van der Waals surface area contributed by atoms with Crippen LogP contribution in [0.3, 0.4) is 0 Å². The number of benzene rings is 12. The fourth-order valence-corrected chi connectivity index (χ4v) is 15.0. The van der Waals surface area contributed by atoms with Crippen LogP contribution in [0.25, 0.3) is 135 Å². The molecule has 0 aliphatic heterocycles. The van der Waals surface area contributed by atoms with Gasteiger partial charge in [0.25, 0.3) is 0 Å². The second-order valence-electron chi connectivity index (χ2n) is 36.2. The number of aromatic nitrogens is 8. The fraction of sp³-hybridized carbons (Fsp3) is 0.116. The first-order valence-corrected chi connectivity index (χ1v) is 47.0. The summed E-state index contributed by atoms with van der Waals surface area (Å²) < 4.78 is 78.9. The standard InChI is InChI=1S/2C22H22N.C21H20N.C18H14N.2C12H5F2N2.C11H6F2N.C11H8N.4Ir/c2*1-22(2,3)16-17-10-12-18(13-11-17)19-7-6-8-20(15-19)21-9-4-5-14-23-21;1-16(2)14-17-9-11-18(12-10-17)19-6-5-7-20(15-19)21-8-3-4-13-22-21;1-14-8-10-15(11-9-14)16-5-4-6-17(13-16)18-7-2-3-12-19-18;2*13-10-5-4-8(12(14)9(10)7-15)11-3-1-2-6-16-11;12-9-5-4-8(7-10(9)13)11-3-1-2-6-14-11;1-2-6-10(7-3-1)11-8-4-5-9-12-11;;;;/h2*4-7,9-15H,16H2,1-3H3;3-6,8-13,15-16H,14H2,1-2H3;2-5,7-13H,1H3;2*1-3,5-6H;1-3,5-7H;1-6,8-9H;;;;/q8*-1;;;;. The molecule has 0 saturated carbocycles. The van der Waals surface area contributed by atoms with Crippen molar-refractivity contribution in [2.24, 2.45) is 16.7 Å². The molecule has 149 heavy (non-hydrogen) atoms. The van der Waals surface area contributed by atoms with Gasteiger partial charge in [-0.15, -0.1) is 225 Å². The molecule has 0 atom stereocenters. The van der Waals surface area contributed by atoms with Crippen LogP contribution in [-0.2, 0) is 99.7 Å². The molecule has 0 N–H and O–H groups in total. The minimum Gasteiger partial charge on any atom is -0.305 e. The summed E-state index contributed by atoms with van der Waals surface area (Å²) in [5.41, 5.74) is 26.2. The van der Waals surface area contributed by atoms with Crippen molar-refractivity contribution < 1.29 is 107 Å². The van der Waals surface area contributed by atoms with E-state index in [1.807, 2.05) is 164 Å². The summed E-state index contributed by atoms with van der Waals surface area (Å²) in [5, 5.41) is 17.2. The van der Waals surface area contributed by atoms with Crippen molar-refractivity contribution >= 4 is 0 Å². The Morgan fingerprint density at radius 1 is 0.262 bits per heavy atom. The van der Waals surface area contributed by atoms with Gasteiger partial charge < -0.3 is 39.9 Å². The summed E-state index contributed by atoms with van der Waals surface area (Å²) in [5.74, 6) is -4.79. The quantitative estimate of drug-likeness (QED) is 0.0675. The fourth-order valence-electron chi connectivity index (χ4n) is 15.0. The van der Waals surface area contributed by atoms with Gasteiger partial charge in [0, 0.05) is 141 Å². The van der Waals surface area contributed by atoms with Crippen LogP contribution in [0.2, 0.25) is 0 Å². The van der Waals surface area contributed by atoms with Gasteiger partial charge in [-0.25, -0.2) is 4.39 Å². The van der Waals surface area contributed by atoms with E-state index in [1.54, 1.807) is 67.0 Å². The van der Waals surface area contributed by atoms with Crippen LogP contribution in [-0.4, -0.2) is 39.9 Å². The minimum absolute atomic E-state index is 0. The molecule has 8 heterocycles. The molecule has 10 nitrogen and oxygen atoms in total. The van der Waals surface area contributed by atoms with Crippen LogP contribution in [0.1, 0.15) is 88.8 Å². The van der Waals surface area contributed by atoms with Crippen LogP contribution in [0, 0.1) is 130 Å². The van der Waals surface area contributed by atoms with E-state index in [1.165, 1.54) is 91.3 Å². The first kappa shape index (κ1) is 118. The van der Waals surface area contributed by atoms with E-state index < -0.39 is 46.0 Å². The van der Waals surface area contributed by atoms with E-state index in [0.717, 1.165) is 99.8 Å². The molecule has 0 amide bonds. The van der Waals surface area contributed by atoms with Crippen LogP contribution in [0.5, 0.6) is 0 Å². The molecular formula is C129H102F6Ir4N10-8. The molecule has 0 bridgehead atoms. The summed E-state index contributed by atoms with van der Waals surface area (Å²) >= 11 is 0. The monoisotopic (exact) mass is 2680 g/mol. The molecule has 12 aromatic carbocycles. The first-order chi connectivity index (χ1) is 70.3. The Morgan fingerprint density at radius 2 is 0.523 bits per heavy atom. The van der Waals surface area contributed by atoms with E-state index in [4.69, 9.17) is 10.5 Å². The molecular weight excluding hydrogens is 2570 g/mol. The zero-order valence-corrected chi connectivity index (χ0v) is 92.6. The molecule has 0 fully saturated rings. The molecule has 0 spiro atoms. The van der Waals surface area contributed by atoms with Crippen molar-refractivity contribution in [3.63, 3.8) is 0 Å². The van der Waals surface area contributed by atoms with Crippen LogP contribution < -0.4 is 0 Å². The van der Waals surface area contributed by atoms with Crippen molar-refractivity contribution in [1.82, 2.24) is 39.9 Å². The Hall–Kier alpha value is -15.0. The second-order valence-corrected chi connectivity index (χ2v) is 36.2. The molecule has 20 aromatic rings. The molecule has 0 aliphatic carbocycles. The summed E-state index contributed by atoms with van der Waals surface area (Å²) in [7, 11) is 0. The van der Waals surface area contributed by atoms with Gasteiger partial charge in [-0.2, -0.15) is 10.5 Å². The van der Waals surface area contributed by atoms with Gasteiger partial charge in [-0.05, 0) is 176 Å². The van der Waals surface area contributed by atoms with Crippen LogP contribution in [0.4, 0.5) is 26.3 Å². The maximum absolute atomic E-state index is 13.7. The zero-order chi connectivity index (χ0) is 102. The minimum atomic E-state index is -0.929. The second kappa shape index (κ2) is 59.7. The Kier molecular flexibility index (Phi) is 47.1. The number of pyridine rings is 8. The Morgan fingerprint density at radius 3 is 0.785 bits per heavy atom. The molecule has 0 unspecified atom stereocenters. The predicted octanol–water partition coefficient (Wildman–Crippen LogP) is 32.3. The topological polar surface area (TPSA) is 151 Å². The first-order valence-electron chi connectivity index (χ1n) is 47.0. The SMILES string of the molecule is CC(C)(C)Cc1ccc(-c2cc[c-]c(-c3ccccn3)c2)cc1.CC(C)(C)Cc1ccc(-c2cc[c-]c(-c3ccccn3)c2)cc1.CC(C)Cc1ccc(-c2cc[c-]c(-c3ccccn3)c2)cc1.Cc1ccc(-c2cc[c-]c(-c3ccccn3)c2)cc1.Fc1c[c-]c(-c2ccccn2)cc1F.N#Cc1c(F)c[c-]c(-c2ccccn2)c1F.N#Cc1c(F)c[c-]c(-c2ccccn2)c1F.[Ir].[Ir].[Ir].[Ir].[c-]1ccccc1-c1ccccn1. The molecule has 754 valence electrons. The van der Waals surface area contributed by atoms with Gasteiger partial charge in [0.15, 0.2) is 0 Å². The van der Waals surface area contributed by atoms with Gasteiger partial charge >= 0.3 is 0 Å². The van der Waals surface area contributed by atoms with E-state index in [0.29, 0.717) is 39.4 Å². The van der Waals surface area contributed by atoms with E-state index >= 15 is 0 Å². The van der Waals surface area contributed by atoms with Gasteiger partial charge in [-0.3, -0.25) is 22.0 Å². The number of nitriles is 2. The van der Waals surface area contributed by atoms with Gasteiger partial charge in [0.05, 0.1) is 47.0 Å². The maximum atomic E-state index is 13.7. The average Bonchev–Trinajstić information content (AvgIpc) is 0.812. The van der Waals surface area contributed by atoms with Gasteiger partial charge in [0.1, 0.15) is 0 Å². The molecule has 20 heteroatoms. The van der Waals surface area contributed by atoms with Crippen LogP contribution in [0.15, 0.2) is 414 Å². The molecule has 4 radical (unpaired) electrons. The van der Waals surface area contributed by atoms with Crippen molar-refractivity contribution in [3.8, 4) is 147 Å². The van der Waals surface area contributed by atoms with Gasteiger partial charge in [-0.1, -0.05) is 266 Å². The Bertz CT molecular complexity index is 7270. The third-order valence-electron chi connectivity index (χ3n) is 21.9. The van der Waals surface area contributed by atoms with E-state index in [-0.39, 0.29) is 91.5 Å². The molecule has 8 aromatic heterocycles. The third-order valence-corrected chi connectivity index (χ3v) is 21.9. The smallest absolute Gasteiger partial charge is 0.0848 e. The third kappa shape index (κ3) is 36.5. The number of halogens is 6. The number of hydrogen-bond acceptors (Lipinski definition) is 10. The summed E-state index contributed by atoms with van der Waals surface area (Å²) in [6, 6.07) is 143. The molecule has 0 saturated heterocycles. The number of aryl methyl sites for hydroxylation is 1. The van der Waals surface area contributed by atoms with Crippen molar-refractivity contribution in [3.05, 3.63) is 530 Å². The maximum Gasteiger partial charge on any atom is 0.0848 e. The summed E-state index contributed by atoms with van der Waals surface area (Å²) in [4.78, 5) is 33.6. The summed E-state index contributed by atoms with van der Waals surface area (Å²) in [6.07, 6.45) is 16.9. The Labute approximate surface area is 924 Å². The summed E-state index contributed by atoms with van der Waals surface area (Å²) in [6.45, 7) is 20.2. The van der Waals surface area contributed by atoms with E-state index in [2.05, 4.69) is 296 Å². The molecule has 20 rings (SSSR count). The normalized spacial score (nSPS) is 10.3. The number of rotatable bonds is 16. The average molecular weight is 2680 g/mol. The number of nitrogens with zero attached hydrogens (tertiary/aromatic N) is 10. The van der Waals surface area contributed by atoms with Crippen molar-refractivity contribution in [1.29, 1.82) is 10.5 Å². The van der Waals surface area contributed by atoms with Crippen molar-refractivity contribution in [2.45, 2.75) is 81.6 Å². The van der Waals surface area contributed by atoms with Crippen LogP contribution >= 0.6 is 0 Å². The Balaban J connectivity index is 0.000000190. The predicted molar refractivity (Wildman–Crippen MR) is 569 cm³/mol. The largest absolute Gasteiger partial charge is 0.305 e. The zero-order valence-electron chi connectivity index (χ0n) is 83.0. The van der Waals surface area contributed by atoms with Gasteiger partial charge in [0.2, 0.25) is 0 Å². The van der Waals surface area contributed by atoms with E-state index in [9.17, 15) is 26.3 Å². The van der Waals surface area contributed by atoms with Crippen molar-refractivity contribution in [2.75, 3.05) is 0 Å².